The minimum Gasteiger partial charge on any atom is -0.484 e. The number of nitro benzene ring substituents is 1. The van der Waals surface area contributed by atoms with Gasteiger partial charge >= 0.3 is 0 Å². The van der Waals surface area contributed by atoms with Gasteiger partial charge in [0.15, 0.2) is 6.61 Å². The van der Waals surface area contributed by atoms with E-state index in [0.717, 1.165) is 0 Å². The number of nitrogens with two attached hydrogens (primary N) is 1. The van der Waals surface area contributed by atoms with Crippen LogP contribution >= 0.6 is 12.4 Å². The molecule has 0 aromatic heterocycles. The summed E-state index contributed by atoms with van der Waals surface area (Å²) >= 11 is 0. The number of amides is 1. The Morgan fingerprint density at radius 1 is 1.47 bits per heavy atom. The zero-order chi connectivity index (χ0) is 13.4. The van der Waals surface area contributed by atoms with Crippen LogP contribution in [-0.4, -0.2) is 30.5 Å². The van der Waals surface area contributed by atoms with Crippen molar-refractivity contribution in [1.29, 1.82) is 0 Å². The van der Waals surface area contributed by atoms with E-state index in [-0.39, 0.29) is 36.4 Å². The first kappa shape index (κ1) is 17.1. The molecular weight excluding hydrogens is 274 g/mol. The van der Waals surface area contributed by atoms with Crippen molar-refractivity contribution in [1.82, 2.24) is 5.32 Å². The Morgan fingerprint density at radius 2 is 2.21 bits per heavy atom. The first-order chi connectivity index (χ1) is 8.63. The van der Waals surface area contributed by atoms with Crippen molar-refractivity contribution in [3.63, 3.8) is 0 Å². The lowest BCUT2D eigenvalue weighted by molar-refractivity contribution is -0.384. The highest BCUT2D eigenvalue weighted by atomic mass is 35.5. The fraction of sp³-hybridized carbons (Fsp3) is 0.364. The first-order valence-corrected chi connectivity index (χ1v) is 5.47. The Labute approximate surface area is 116 Å². The van der Waals surface area contributed by atoms with E-state index in [0.29, 0.717) is 19.5 Å². The van der Waals surface area contributed by atoms with Crippen molar-refractivity contribution in [2.75, 3.05) is 19.7 Å². The molecule has 8 heteroatoms. The summed E-state index contributed by atoms with van der Waals surface area (Å²) in [4.78, 5) is 21.3. The van der Waals surface area contributed by atoms with Gasteiger partial charge in [-0.05, 0) is 19.0 Å². The smallest absolute Gasteiger partial charge is 0.273 e. The predicted octanol–water partition coefficient (Wildman–Crippen LogP) is 0.860. The van der Waals surface area contributed by atoms with Gasteiger partial charge in [-0.25, -0.2) is 0 Å². The maximum absolute atomic E-state index is 11.3. The lowest BCUT2D eigenvalue weighted by Crippen LogP contribution is -2.30. The van der Waals surface area contributed by atoms with Gasteiger partial charge in [-0.1, -0.05) is 6.07 Å². The number of nitrogens with one attached hydrogen (secondary N) is 1. The molecule has 1 aromatic rings. The number of halogens is 1. The highest BCUT2D eigenvalue weighted by Gasteiger charge is 2.07. The monoisotopic (exact) mass is 289 g/mol. The normalized spacial score (nSPS) is 9.32. The van der Waals surface area contributed by atoms with E-state index in [1.165, 1.54) is 18.2 Å². The Bertz CT molecular complexity index is 428. The molecule has 0 aliphatic heterocycles. The van der Waals surface area contributed by atoms with E-state index >= 15 is 0 Å². The van der Waals surface area contributed by atoms with Crippen molar-refractivity contribution in [3.8, 4) is 5.75 Å². The van der Waals surface area contributed by atoms with Gasteiger partial charge in [0.1, 0.15) is 5.75 Å². The molecule has 0 unspecified atom stereocenters. The van der Waals surface area contributed by atoms with Crippen molar-refractivity contribution in [3.05, 3.63) is 34.4 Å². The third-order valence-corrected chi connectivity index (χ3v) is 2.10. The predicted molar refractivity (Wildman–Crippen MR) is 72.5 cm³/mol. The van der Waals surface area contributed by atoms with Gasteiger partial charge in [0.25, 0.3) is 11.6 Å². The molecule has 0 saturated heterocycles. The summed E-state index contributed by atoms with van der Waals surface area (Å²) in [5.74, 6) is 0.00753. The third kappa shape index (κ3) is 6.58. The molecule has 0 radical (unpaired) electrons. The van der Waals surface area contributed by atoms with Crippen LogP contribution in [0.2, 0.25) is 0 Å². The molecule has 7 nitrogen and oxygen atoms in total. The number of non-ortho nitro benzene ring substituents is 1. The Kier molecular flexibility index (Phi) is 8.23. The molecule has 0 bridgehead atoms. The molecule has 0 aliphatic rings. The number of hydrogen-bond acceptors (Lipinski definition) is 5. The van der Waals surface area contributed by atoms with Crippen LogP contribution in [0.1, 0.15) is 6.42 Å². The van der Waals surface area contributed by atoms with Crippen LogP contribution < -0.4 is 15.8 Å². The number of rotatable bonds is 7. The number of ether oxygens (including phenoxy) is 1. The minimum absolute atomic E-state index is 0. The summed E-state index contributed by atoms with van der Waals surface area (Å²) in [6.07, 6.45) is 0.697. The van der Waals surface area contributed by atoms with E-state index in [9.17, 15) is 14.9 Å². The van der Waals surface area contributed by atoms with E-state index in [4.69, 9.17) is 10.5 Å². The highest BCUT2D eigenvalue weighted by molar-refractivity contribution is 5.85. The maximum atomic E-state index is 11.3. The average Bonchev–Trinajstić information content (AvgIpc) is 2.37. The molecule has 1 amide bonds. The Hall–Kier alpha value is -1.86. The summed E-state index contributed by atoms with van der Waals surface area (Å²) < 4.78 is 5.14. The standard InChI is InChI=1S/C11H15N3O4.ClH/c12-5-2-6-13-11(15)8-18-10-4-1-3-9(7-10)14(16)17;/h1,3-4,7H,2,5-6,8,12H2,(H,13,15);1H. The number of carbonyl (C=O) groups excluding carboxylic acids is 1. The number of nitrogens with zero attached hydrogens (tertiary/aromatic N) is 1. The second kappa shape index (κ2) is 9.12. The lowest BCUT2D eigenvalue weighted by Gasteiger charge is -2.06. The molecule has 106 valence electrons. The quantitative estimate of drug-likeness (QED) is 0.440. The van der Waals surface area contributed by atoms with Crippen LogP contribution in [0, 0.1) is 10.1 Å². The maximum Gasteiger partial charge on any atom is 0.273 e. The number of benzene rings is 1. The van der Waals surface area contributed by atoms with Gasteiger partial charge in [0.05, 0.1) is 11.0 Å². The second-order valence-corrected chi connectivity index (χ2v) is 3.54. The van der Waals surface area contributed by atoms with Crippen molar-refractivity contribution in [2.45, 2.75) is 6.42 Å². The van der Waals surface area contributed by atoms with Crippen molar-refractivity contribution >= 4 is 24.0 Å². The molecule has 0 atom stereocenters. The largest absolute Gasteiger partial charge is 0.484 e. The van der Waals surface area contributed by atoms with E-state index in [1.54, 1.807) is 6.07 Å². The van der Waals surface area contributed by atoms with Crippen LogP contribution in [-0.2, 0) is 4.79 Å². The molecule has 0 heterocycles. The Morgan fingerprint density at radius 3 is 2.84 bits per heavy atom. The van der Waals surface area contributed by atoms with Crippen molar-refractivity contribution in [2.24, 2.45) is 5.73 Å². The van der Waals surface area contributed by atoms with Gasteiger partial charge in [-0.3, -0.25) is 14.9 Å². The average molecular weight is 290 g/mol. The van der Waals surface area contributed by atoms with Gasteiger partial charge in [0, 0.05) is 12.6 Å². The fourth-order valence-electron chi connectivity index (χ4n) is 1.22. The molecule has 0 aliphatic carbocycles. The minimum atomic E-state index is -0.520. The van der Waals surface area contributed by atoms with Gasteiger partial charge in [-0.2, -0.15) is 0 Å². The number of carbonyl (C=O) groups is 1. The zero-order valence-electron chi connectivity index (χ0n) is 10.2. The summed E-state index contributed by atoms with van der Waals surface area (Å²) in [5.41, 5.74) is 5.21. The molecule has 1 rings (SSSR count). The van der Waals surface area contributed by atoms with E-state index in [2.05, 4.69) is 5.32 Å². The molecule has 1 aromatic carbocycles. The molecule has 0 saturated carbocycles. The van der Waals surface area contributed by atoms with Crippen LogP contribution in [0.25, 0.3) is 0 Å². The summed E-state index contributed by atoms with van der Waals surface area (Å²) in [5, 5.41) is 13.1. The van der Waals surface area contributed by atoms with Crippen molar-refractivity contribution < 1.29 is 14.5 Å². The number of nitro groups is 1. The molecule has 19 heavy (non-hydrogen) atoms. The first-order valence-electron chi connectivity index (χ1n) is 5.47. The highest BCUT2D eigenvalue weighted by Crippen LogP contribution is 2.18. The topological polar surface area (TPSA) is 107 Å². The molecular formula is C11H16ClN3O4. The molecule has 3 N–H and O–H groups in total. The zero-order valence-corrected chi connectivity index (χ0v) is 11.0. The summed E-state index contributed by atoms with van der Waals surface area (Å²) in [6, 6.07) is 5.68. The lowest BCUT2D eigenvalue weighted by atomic mass is 10.3. The van der Waals surface area contributed by atoms with Gasteiger partial charge in [-0.15, -0.1) is 12.4 Å². The van der Waals surface area contributed by atoms with Crippen LogP contribution in [0.3, 0.4) is 0 Å². The number of hydrogen-bond donors (Lipinski definition) is 2. The molecule has 0 spiro atoms. The fourth-order valence-corrected chi connectivity index (χ4v) is 1.22. The summed E-state index contributed by atoms with van der Waals surface area (Å²) in [7, 11) is 0. The van der Waals surface area contributed by atoms with Crippen LogP contribution in [0.5, 0.6) is 5.75 Å². The third-order valence-electron chi connectivity index (χ3n) is 2.10. The van der Waals surface area contributed by atoms with Crippen LogP contribution in [0.4, 0.5) is 5.69 Å². The van der Waals surface area contributed by atoms with Gasteiger partial charge < -0.3 is 15.8 Å². The van der Waals surface area contributed by atoms with E-state index in [1.807, 2.05) is 0 Å². The summed E-state index contributed by atoms with van der Waals surface area (Å²) in [6.45, 7) is 0.825. The van der Waals surface area contributed by atoms with E-state index < -0.39 is 4.92 Å². The molecule has 0 fully saturated rings. The van der Waals surface area contributed by atoms with Gasteiger partial charge in [0.2, 0.25) is 0 Å². The second-order valence-electron chi connectivity index (χ2n) is 3.54. The van der Waals surface area contributed by atoms with Crippen LogP contribution in [0.15, 0.2) is 24.3 Å². The SMILES string of the molecule is Cl.NCCCNC(=O)COc1cccc([N+](=O)[O-])c1. The Balaban J connectivity index is 0.00000324.